The van der Waals surface area contributed by atoms with E-state index in [0.29, 0.717) is 11.7 Å². The van der Waals surface area contributed by atoms with Crippen molar-refractivity contribution in [2.24, 2.45) is 0 Å². The molecule has 104 valence electrons. The number of pyridine rings is 1. The minimum absolute atomic E-state index is 0.0517. The van der Waals surface area contributed by atoms with Gasteiger partial charge in [-0.2, -0.15) is 11.8 Å². The zero-order chi connectivity index (χ0) is 13.8. The first-order valence-corrected chi connectivity index (χ1v) is 7.99. The van der Waals surface area contributed by atoms with E-state index in [2.05, 4.69) is 11.9 Å². The molecule has 0 aliphatic heterocycles. The lowest BCUT2D eigenvalue weighted by atomic mass is 10.2. The van der Waals surface area contributed by atoms with E-state index in [9.17, 15) is 4.79 Å². The zero-order valence-corrected chi connectivity index (χ0v) is 12.7. The number of carbonyl (C=O) groups is 1. The van der Waals surface area contributed by atoms with Crippen LogP contribution in [0.25, 0.3) is 0 Å². The number of rotatable bonds is 4. The van der Waals surface area contributed by atoms with Crippen LogP contribution in [-0.2, 0) is 0 Å². The van der Waals surface area contributed by atoms with E-state index < -0.39 is 0 Å². The van der Waals surface area contributed by atoms with E-state index in [-0.39, 0.29) is 5.91 Å². The van der Waals surface area contributed by atoms with Gasteiger partial charge in [-0.25, -0.2) is 4.98 Å². The maximum Gasteiger partial charge on any atom is 0.272 e. The Morgan fingerprint density at radius 2 is 2.26 bits per heavy atom. The Bertz CT molecular complexity index is 450. The highest BCUT2D eigenvalue weighted by Gasteiger charge is 2.30. The fourth-order valence-electron chi connectivity index (χ4n) is 2.66. The summed E-state index contributed by atoms with van der Waals surface area (Å²) < 4.78 is 0. The third-order valence-electron chi connectivity index (χ3n) is 3.73. The fourth-order valence-corrected chi connectivity index (χ4v) is 3.80. The summed E-state index contributed by atoms with van der Waals surface area (Å²) in [5.74, 6) is 1.21. The van der Waals surface area contributed by atoms with Crippen molar-refractivity contribution in [1.82, 2.24) is 9.88 Å². The maximum absolute atomic E-state index is 12.4. The SMILES string of the molecule is CCS[C@@H]1CC[C@@H](N(C)C(=O)c2cccc(C)n2)C1. The molecule has 2 rings (SSSR count). The summed E-state index contributed by atoms with van der Waals surface area (Å²) in [6.07, 6.45) is 3.46. The molecule has 0 aromatic carbocycles. The molecule has 1 amide bonds. The second kappa shape index (κ2) is 6.42. The normalized spacial score (nSPS) is 22.5. The number of carbonyl (C=O) groups excluding carboxylic acids is 1. The quantitative estimate of drug-likeness (QED) is 0.848. The van der Waals surface area contributed by atoms with Crippen LogP contribution < -0.4 is 0 Å². The van der Waals surface area contributed by atoms with Crippen LogP contribution in [0, 0.1) is 6.92 Å². The number of nitrogens with zero attached hydrogens (tertiary/aromatic N) is 2. The molecule has 1 aromatic heterocycles. The maximum atomic E-state index is 12.4. The van der Waals surface area contributed by atoms with Crippen molar-refractivity contribution in [3.63, 3.8) is 0 Å². The largest absolute Gasteiger partial charge is 0.337 e. The monoisotopic (exact) mass is 278 g/mol. The van der Waals surface area contributed by atoms with Gasteiger partial charge in [-0.1, -0.05) is 13.0 Å². The van der Waals surface area contributed by atoms with Gasteiger partial charge in [-0.15, -0.1) is 0 Å². The van der Waals surface area contributed by atoms with Crippen LogP contribution in [0.4, 0.5) is 0 Å². The van der Waals surface area contributed by atoms with Gasteiger partial charge in [0.1, 0.15) is 5.69 Å². The van der Waals surface area contributed by atoms with Crippen molar-refractivity contribution in [2.75, 3.05) is 12.8 Å². The second-order valence-electron chi connectivity index (χ2n) is 5.12. The summed E-state index contributed by atoms with van der Waals surface area (Å²) in [5, 5.41) is 0.718. The number of hydrogen-bond donors (Lipinski definition) is 0. The molecule has 2 atom stereocenters. The minimum Gasteiger partial charge on any atom is -0.337 e. The smallest absolute Gasteiger partial charge is 0.272 e. The first-order valence-electron chi connectivity index (χ1n) is 6.94. The molecular weight excluding hydrogens is 256 g/mol. The Labute approximate surface area is 119 Å². The molecule has 0 bridgehead atoms. The van der Waals surface area contributed by atoms with Crippen molar-refractivity contribution in [3.8, 4) is 0 Å². The molecule has 1 fully saturated rings. The molecule has 4 heteroatoms. The Kier molecular flexibility index (Phi) is 4.86. The Morgan fingerprint density at radius 1 is 1.47 bits per heavy atom. The molecule has 1 aliphatic rings. The number of hydrogen-bond acceptors (Lipinski definition) is 3. The van der Waals surface area contributed by atoms with Crippen molar-refractivity contribution in [2.45, 2.75) is 44.4 Å². The van der Waals surface area contributed by atoms with Crippen LogP contribution >= 0.6 is 11.8 Å². The average molecular weight is 278 g/mol. The Balaban J connectivity index is 2.00. The van der Waals surface area contributed by atoms with Gasteiger partial charge in [0, 0.05) is 24.0 Å². The van der Waals surface area contributed by atoms with Gasteiger partial charge in [-0.3, -0.25) is 4.79 Å². The van der Waals surface area contributed by atoms with Crippen LogP contribution in [0.1, 0.15) is 42.4 Å². The Morgan fingerprint density at radius 3 is 2.95 bits per heavy atom. The molecule has 0 unspecified atom stereocenters. The van der Waals surface area contributed by atoms with E-state index in [1.807, 2.05) is 42.8 Å². The van der Waals surface area contributed by atoms with Gasteiger partial charge in [-0.05, 0) is 44.1 Å². The highest BCUT2D eigenvalue weighted by atomic mass is 32.2. The third-order valence-corrected chi connectivity index (χ3v) is 4.97. The molecule has 19 heavy (non-hydrogen) atoms. The summed E-state index contributed by atoms with van der Waals surface area (Å²) in [6.45, 7) is 4.11. The van der Waals surface area contributed by atoms with Crippen molar-refractivity contribution >= 4 is 17.7 Å². The highest BCUT2D eigenvalue weighted by molar-refractivity contribution is 7.99. The molecule has 1 aliphatic carbocycles. The molecule has 1 heterocycles. The van der Waals surface area contributed by atoms with E-state index in [1.54, 1.807) is 6.07 Å². The van der Waals surface area contributed by atoms with Gasteiger partial charge < -0.3 is 4.90 Å². The standard InChI is InChI=1S/C15H22N2OS/c1-4-19-13-9-8-12(10-13)17(3)15(18)14-7-5-6-11(2)16-14/h5-7,12-13H,4,8-10H2,1-3H3/t12-,13-/m1/s1. The highest BCUT2D eigenvalue weighted by Crippen LogP contribution is 2.32. The summed E-state index contributed by atoms with van der Waals surface area (Å²) in [6, 6.07) is 5.99. The lowest BCUT2D eigenvalue weighted by Crippen LogP contribution is -2.36. The minimum atomic E-state index is 0.0517. The summed E-state index contributed by atoms with van der Waals surface area (Å²) in [4.78, 5) is 18.6. The fraction of sp³-hybridized carbons (Fsp3) is 0.600. The summed E-state index contributed by atoms with van der Waals surface area (Å²) >= 11 is 2.02. The average Bonchev–Trinajstić information content (AvgIpc) is 2.86. The molecule has 0 spiro atoms. The van der Waals surface area contributed by atoms with E-state index in [1.165, 1.54) is 6.42 Å². The number of aromatic nitrogens is 1. The van der Waals surface area contributed by atoms with E-state index >= 15 is 0 Å². The van der Waals surface area contributed by atoms with Crippen molar-refractivity contribution in [1.29, 1.82) is 0 Å². The van der Waals surface area contributed by atoms with Gasteiger partial charge in [0.15, 0.2) is 0 Å². The second-order valence-corrected chi connectivity index (χ2v) is 6.70. The third kappa shape index (κ3) is 3.50. The lowest BCUT2D eigenvalue weighted by Gasteiger charge is -2.24. The van der Waals surface area contributed by atoms with E-state index in [4.69, 9.17) is 0 Å². The molecule has 0 N–H and O–H groups in total. The molecule has 0 radical (unpaired) electrons. The molecule has 1 aromatic rings. The zero-order valence-electron chi connectivity index (χ0n) is 11.9. The number of amides is 1. The first kappa shape index (κ1) is 14.4. The van der Waals surface area contributed by atoms with Gasteiger partial charge in [0.2, 0.25) is 0 Å². The molecule has 0 saturated heterocycles. The topological polar surface area (TPSA) is 33.2 Å². The van der Waals surface area contributed by atoms with Crippen LogP contribution in [-0.4, -0.2) is 39.9 Å². The van der Waals surface area contributed by atoms with Gasteiger partial charge >= 0.3 is 0 Å². The van der Waals surface area contributed by atoms with Gasteiger partial charge in [0.25, 0.3) is 5.91 Å². The van der Waals surface area contributed by atoms with Crippen molar-refractivity contribution in [3.05, 3.63) is 29.6 Å². The van der Waals surface area contributed by atoms with Gasteiger partial charge in [0.05, 0.1) is 0 Å². The van der Waals surface area contributed by atoms with Crippen LogP contribution in [0.5, 0.6) is 0 Å². The predicted octanol–water partition coefficient (Wildman–Crippen LogP) is 3.14. The van der Waals surface area contributed by atoms with Crippen LogP contribution in [0.2, 0.25) is 0 Å². The lowest BCUT2D eigenvalue weighted by molar-refractivity contribution is 0.0729. The first-order chi connectivity index (χ1) is 9.11. The number of thioether (sulfide) groups is 1. The molecule has 1 saturated carbocycles. The Hall–Kier alpha value is -1.03. The van der Waals surface area contributed by atoms with Crippen LogP contribution in [0.3, 0.4) is 0 Å². The van der Waals surface area contributed by atoms with Crippen molar-refractivity contribution < 1.29 is 4.79 Å². The number of aryl methyl sites for hydroxylation is 1. The van der Waals surface area contributed by atoms with E-state index in [0.717, 1.165) is 29.5 Å². The molecular formula is C15H22N2OS. The summed E-state index contributed by atoms with van der Waals surface area (Å²) in [5.41, 5.74) is 1.46. The van der Waals surface area contributed by atoms with Crippen LogP contribution in [0.15, 0.2) is 18.2 Å². The predicted molar refractivity (Wildman–Crippen MR) is 80.6 cm³/mol. The molecule has 3 nitrogen and oxygen atoms in total. The summed E-state index contributed by atoms with van der Waals surface area (Å²) in [7, 11) is 1.91.